The van der Waals surface area contributed by atoms with Gasteiger partial charge in [0.2, 0.25) is 5.91 Å². The van der Waals surface area contributed by atoms with Crippen LogP contribution >= 0.6 is 0 Å². The third-order valence-corrected chi connectivity index (χ3v) is 9.19. The van der Waals surface area contributed by atoms with E-state index < -0.39 is 24.0 Å². The molecule has 5 nitrogen and oxygen atoms in total. The molecule has 1 fully saturated rings. The zero-order valence-electron chi connectivity index (χ0n) is 25.4. The molecule has 0 spiro atoms. The Morgan fingerprint density at radius 1 is 0.800 bits per heavy atom. The van der Waals surface area contributed by atoms with Crippen molar-refractivity contribution in [3.05, 3.63) is 108 Å². The lowest BCUT2D eigenvalue weighted by molar-refractivity contribution is -0.141. The monoisotopic (exact) mass is 613 g/mol. The number of nitrogens with one attached hydrogen (secondary N) is 1. The molecule has 0 bridgehead atoms. The van der Waals surface area contributed by atoms with Crippen molar-refractivity contribution in [2.24, 2.45) is 0 Å². The number of piperazine rings is 1. The predicted octanol–water partition coefficient (Wildman–Crippen LogP) is 7.30. The van der Waals surface area contributed by atoms with Crippen LogP contribution in [0.4, 0.5) is 18.9 Å². The first-order valence-corrected chi connectivity index (χ1v) is 15.5. The van der Waals surface area contributed by atoms with E-state index in [1.54, 1.807) is 13.2 Å². The normalized spacial score (nSPS) is 17.9. The van der Waals surface area contributed by atoms with Gasteiger partial charge in [-0.05, 0) is 77.0 Å². The molecule has 2 aliphatic rings. The maximum Gasteiger partial charge on any atom is 0.405 e. The summed E-state index contributed by atoms with van der Waals surface area (Å²) >= 11 is 0. The molecule has 1 saturated heterocycles. The molecule has 1 atom stereocenters. The number of carbonyl (C=O) groups is 1. The van der Waals surface area contributed by atoms with Gasteiger partial charge in [-0.2, -0.15) is 13.2 Å². The van der Waals surface area contributed by atoms with Crippen LogP contribution in [-0.2, 0) is 10.2 Å². The smallest absolute Gasteiger partial charge is 0.405 e. The Labute approximate surface area is 262 Å². The lowest BCUT2D eigenvalue weighted by Gasteiger charge is -2.36. The largest absolute Gasteiger partial charge is 0.497 e. The van der Waals surface area contributed by atoms with Crippen molar-refractivity contribution in [2.75, 3.05) is 51.3 Å². The second-order valence-electron chi connectivity index (χ2n) is 11.9. The second-order valence-corrected chi connectivity index (χ2v) is 11.9. The van der Waals surface area contributed by atoms with Gasteiger partial charge in [-0.3, -0.25) is 9.69 Å². The minimum atomic E-state index is -4.50. The summed E-state index contributed by atoms with van der Waals surface area (Å²) in [6, 6.07) is 32.1. The van der Waals surface area contributed by atoms with Crippen LogP contribution in [0.25, 0.3) is 22.3 Å². The summed E-state index contributed by atoms with van der Waals surface area (Å²) in [7, 11) is 1.58. The number of amides is 1. The second kappa shape index (κ2) is 13.0. The van der Waals surface area contributed by atoms with Crippen molar-refractivity contribution in [1.82, 2.24) is 10.2 Å². The highest BCUT2D eigenvalue weighted by Gasteiger charge is 2.49. The first-order valence-electron chi connectivity index (χ1n) is 15.5. The summed E-state index contributed by atoms with van der Waals surface area (Å²) in [6.45, 7) is 3.24. The lowest BCUT2D eigenvalue weighted by Crippen LogP contribution is -2.47. The van der Waals surface area contributed by atoms with Crippen LogP contribution in [0, 0.1) is 0 Å². The number of halogens is 3. The standard InChI is InChI=1S/C37H38F3N3O2/c1-45-30-17-18-34-32(25-30)31-11-5-6-12-33(31)36(34,35(44)41-26-37(38,39)40)19-7-8-20-42-21-23-43(24-22-42)29-15-13-28(14-16-29)27-9-3-2-4-10-27/h2-6,9-18,25H,7-8,19-24,26H2,1H3,(H,41,44). The molecule has 1 unspecified atom stereocenters. The van der Waals surface area contributed by atoms with Crippen molar-refractivity contribution in [2.45, 2.75) is 30.9 Å². The van der Waals surface area contributed by atoms with E-state index in [0.29, 0.717) is 18.6 Å². The number of anilines is 1. The number of hydrogen-bond acceptors (Lipinski definition) is 4. The Morgan fingerprint density at radius 3 is 2.18 bits per heavy atom. The van der Waals surface area contributed by atoms with Gasteiger partial charge in [0.1, 0.15) is 17.7 Å². The van der Waals surface area contributed by atoms with E-state index in [-0.39, 0.29) is 0 Å². The van der Waals surface area contributed by atoms with Crippen molar-refractivity contribution in [1.29, 1.82) is 0 Å². The fourth-order valence-electron chi connectivity index (χ4n) is 6.89. The maximum atomic E-state index is 13.8. The third kappa shape index (κ3) is 6.43. The Hall–Kier alpha value is -4.30. The molecule has 1 N–H and O–H groups in total. The van der Waals surface area contributed by atoms with Crippen LogP contribution in [-0.4, -0.2) is 63.4 Å². The predicted molar refractivity (Wildman–Crippen MR) is 173 cm³/mol. The van der Waals surface area contributed by atoms with Crippen molar-refractivity contribution < 1.29 is 22.7 Å². The van der Waals surface area contributed by atoms with E-state index in [2.05, 4.69) is 51.5 Å². The van der Waals surface area contributed by atoms with Crippen LogP contribution < -0.4 is 15.0 Å². The van der Waals surface area contributed by atoms with Crippen molar-refractivity contribution >= 4 is 11.6 Å². The minimum absolute atomic E-state index is 0.417. The van der Waals surface area contributed by atoms with Crippen LogP contribution in [0.3, 0.4) is 0 Å². The molecule has 1 aliphatic heterocycles. The van der Waals surface area contributed by atoms with Gasteiger partial charge in [0.25, 0.3) is 0 Å². The highest BCUT2D eigenvalue weighted by Crippen LogP contribution is 2.52. The Morgan fingerprint density at radius 2 is 1.47 bits per heavy atom. The topological polar surface area (TPSA) is 44.8 Å². The quantitative estimate of drug-likeness (QED) is 0.191. The fraction of sp³-hybridized carbons (Fsp3) is 0.324. The number of rotatable bonds is 10. The Balaban J connectivity index is 1.11. The molecule has 1 amide bonds. The number of nitrogens with zero attached hydrogens (tertiary/aromatic N) is 2. The lowest BCUT2D eigenvalue weighted by atomic mass is 9.73. The van der Waals surface area contributed by atoms with Gasteiger partial charge in [-0.1, -0.05) is 79.2 Å². The Kier molecular flexibility index (Phi) is 8.85. The number of carbonyl (C=O) groups excluding carboxylic acids is 1. The summed E-state index contributed by atoms with van der Waals surface area (Å²) < 4.78 is 45.1. The van der Waals surface area contributed by atoms with Gasteiger partial charge >= 0.3 is 6.18 Å². The molecule has 45 heavy (non-hydrogen) atoms. The van der Waals surface area contributed by atoms with Gasteiger partial charge in [0, 0.05) is 31.9 Å². The molecule has 4 aromatic rings. The van der Waals surface area contributed by atoms with E-state index >= 15 is 0 Å². The number of benzene rings is 4. The molecule has 4 aromatic carbocycles. The zero-order valence-corrected chi connectivity index (χ0v) is 25.4. The zero-order chi connectivity index (χ0) is 31.4. The number of hydrogen-bond donors (Lipinski definition) is 1. The van der Waals surface area contributed by atoms with Crippen LogP contribution in [0.1, 0.15) is 30.4 Å². The van der Waals surface area contributed by atoms with Gasteiger partial charge in [-0.25, -0.2) is 0 Å². The van der Waals surface area contributed by atoms with E-state index in [4.69, 9.17) is 4.74 Å². The summed E-state index contributed by atoms with van der Waals surface area (Å²) in [5.41, 5.74) is 5.61. The van der Waals surface area contributed by atoms with E-state index in [9.17, 15) is 18.0 Å². The SMILES string of the molecule is COc1ccc2c(c1)-c1ccccc1C2(CCCCN1CCN(c2ccc(-c3ccccc3)cc2)CC1)C(=O)NCC(F)(F)F. The number of fused-ring (bicyclic) bond motifs is 3. The van der Waals surface area contributed by atoms with Crippen molar-refractivity contribution in [3.8, 4) is 28.0 Å². The molecule has 234 valence electrons. The molecular formula is C37H38F3N3O2. The summed E-state index contributed by atoms with van der Waals surface area (Å²) in [5, 5.41) is 2.23. The third-order valence-electron chi connectivity index (χ3n) is 9.19. The number of methoxy groups -OCH3 is 1. The van der Waals surface area contributed by atoms with Crippen LogP contribution in [0.5, 0.6) is 5.75 Å². The molecule has 1 heterocycles. The summed E-state index contributed by atoms with van der Waals surface area (Å²) in [4.78, 5) is 18.6. The van der Waals surface area contributed by atoms with Crippen LogP contribution in [0.2, 0.25) is 0 Å². The molecule has 1 aliphatic carbocycles. The maximum absolute atomic E-state index is 13.8. The first-order chi connectivity index (χ1) is 21.8. The highest BCUT2D eigenvalue weighted by molar-refractivity contribution is 6.00. The molecular weight excluding hydrogens is 575 g/mol. The molecule has 0 aromatic heterocycles. The van der Waals surface area contributed by atoms with Crippen molar-refractivity contribution in [3.63, 3.8) is 0 Å². The number of alkyl halides is 3. The molecule has 0 saturated carbocycles. The van der Waals surface area contributed by atoms with Crippen LogP contribution in [0.15, 0.2) is 97.1 Å². The van der Waals surface area contributed by atoms with Gasteiger partial charge in [0.15, 0.2) is 0 Å². The Bertz CT molecular complexity index is 1620. The minimum Gasteiger partial charge on any atom is -0.497 e. The number of unbranched alkanes of at least 4 members (excludes halogenated alkanes) is 1. The fourth-order valence-corrected chi connectivity index (χ4v) is 6.89. The summed E-state index contributed by atoms with van der Waals surface area (Å²) in [6.07, 6.45) is -2.54. The first kappa shape index (κ1) is 30.7. The van der Waals surface area contributed by atoms with E-state index in [1.165, 1.54) is 16.8 Å². The number of ether oxygens (including phenoxy) is 1. The average molecular weight is 614 g/mol. The molecule has 6 rings (SSSR count). The van der Waals surface area contributed by atoms with E-state index in [0.717, 1.165) is 61.4 Å². The van der Waals surface area contributed by atoms with Gasteiger partial charge in [-0.15, -0.1) is 0 Å². The molecule has 0 radical (unpaired) electrons. The highest BCUT2D eigenvalue weighted by atomic mass is 19.4. The van der Waals surface area contributed by atoms with Gasteiger partial charge in [0.05, 0.1) is 7.11 Å². The van der Waals surface area contributed by atoms with E-state index in [1.807, 2.05) is 54.6 Å². The summed E-state index contributed by atoms with van der Waals surface area (Å²) in [5.74, 6) is 0.0319. The average Bonchev–Trinajstić information content (AvgIpc) is 3.36. The molecule has 8 heteroatoms. The van der Waals surface area contributed by atoms with Gasteiger partial charge < -0.3 is 15.0 Å².